The van der Waals surface area contributed by atoms with Crippen molar-refractivity contribution in [3.05, 3.63) is 76.1 Å². The second kappa shape index (κ2) is 9.28. The number of aliphatic hydroxyl groups excluding tert-OH is 1. The van der Waals surface area contributed by atoms with Gasteiger partial charge in [0.1, 0.15) is 0 Å². The third-order valence-corrected chi connectivity index (χ3v) is 5.30. The van der Waals surface area contributed by atoms with Gasteiger partial charge in [0, 0.05) is 23.5 Å². The van der Waals surface area contributed by atoms with E-state index in [1.54, 1.807) is 6.20 Å². The van der Waals surface area contributed by atoms with Gasteiger partial charge in [0.25, 0.3) is 0 Å². The van der Waals surface area contributed by atoms with Crippen LogP contribution in [0, 0.1) is 13.8 Å². The lowest BCUT2D eigenvalue weighted by Gasteiger charge is -2.09. The van der Waals surface area contributed by atoms with Crippen molar-refractivity contribution in [3.8, 4) is 0 Å². The first-order valence-corrected chi connectivity index (χ1v) is 10.2. The zero-order valence-corrected chi connectivity index (χ0v) is 17.3. The smallest absolute Gasteiger partial charge is 0.234 e. The molecule has 0 spiro atoms. The molecule has 0 aliphatic carbocycles. The van der Waals surface area contributed by atoms with Gasteiger partial charge in [-0.25, -0.2) is 4.98 Å². The highest BCUT2D eigenvalue weighted by Gasteiger charge is 2.12. The summed E-state index contributed by atoms with van der Waals surface area (Å²) in [7, 11) is 0. The summed E-state index contributed by atoms with van der Waals surface area (Å²) in [5, 5.41) is 13.7. The molecule has 146 valence electrons. The van der Waals surface area contributed by atoms with Crippen LogP contribution < -0.4 is 5.32 Å². The maximum absolute atomic E-state index is 12.4. The largest absolute Gasteiger partial charge is 0.390 e. The number of hydrogen-bond donors (Lipinski definition) is 2. The second-order valence-corrected chi connectivity index (χ2v) is 8.02. The molecule has 0 unspecified atom stereocenters. The standard InChI is InChI=1S/C21H22ClN3O2S/c1-14-7-15(2)9-18(8-14)23-20(27)13-28-21-24-19(12-26)11-25(21)10-16-3-5-17(22)6-4-16/h3-9,11,26H,10,12-13H2,1-2H3,(H,23,27). The van der Waals surface area contributed by atoms with Gasteiger partial charge in [0.15, 0.2) is 5.16 Å². The average molecular weight is 416 g/mol. The molecule has 1 amide bonds. The van der Waals surface area contributed by atoms with E-state index in [2.05, 4.69) is 16.4 Å². The van der Waals surface area contributed by atoms with Gasteiger partial charge in [-0.2, -0.15) is 0 Å². The number of imidazole rings is 1. The van der Waals surface area contributed by atoms with E-state index in [1.165, 1.54) is 11.8 Å². The van der Waals surface area contributed by atoms with E-state index in [0.29, 0.717) is 22.4 Å². The Morgan fingerprint density at radius 3 is 2.50 bits per heavy atom. The third kappa shape index (κ3) is 5.61. The van der Waals surface area contributed by atoms with Crippen LogP contribution in [0.15, 0.2) is 53.8 Å². The van der Waals surface area contributed by atoms with Crippen LogP contribution in [0.5, 0.6) is 0 Å². The van der Waals surface area contributed by atoms with Crippen LogP contribution in [0.4, 0.5) is 5.69 Å². The molecule has 28 heavy (non-hydrogen) atoms. The molecular formula is C21H22ClN3O2S. The summed E-state index contributed by atoms with van der Waals surface area (Å²) >= 11 is 7.29. The first-order chi connectivity index (χ1) is 13.4. The molecule has 2 aromatic carbocycles. The molecule has 1 aromatic heterocycles. The summed E-state index contributed by atoms with van der Waals surface area (Å²) in [6, 6.07) is 13.5. The Morgan fingerprint density at radius 2 is 1.86 bits per heavy atom. The van der Waals surface area contributed by atoms with Gasteiger partial charge in [-0.1, -0.05) is 41.6 Å². The number of rotatable bonds is 7. The van der Waals surface area contributed by atoms with E-state index >= 15 is 0 Å². The van der Waals surface area contributed by atoms with Crippen molar-refractivity contribution in [3.63, 3.8) is 0 Å². The number of carbonyl (C=O) groups excluding carboxylic acids is 1. The molecule has 0 saturated carbocycles. The number of aromatic nitrogens is 2. The molecule has 1 heterocycles. The van der Waals surface area contributed by atoms with E-state index in [1.807, 2.05) is 54.8 Å². The van der Waals surface area contributed by atoms with Gasteiger partial charge in [-0.3, -0.25) is 4.79 Å². The fraction of sp³-hybridized carbons (Fsp3) is 0.238. The summed E-state index contributed by atoms with van der Waals surface area (Å²) in [5.41, 5.74) is 4.64. The molecule has 7 heteroatoms. The number of benzene rings is 2. The molecule has 0 saturated heterocycles. The maximum Gasteiger partial charge on any atom is 0.234 e. The van der Waals surface area contributed by atoms with E-state index in [4.69, 9.17) is 11.6 Å². The minimum Gasteiger partial charge on any atom is -0.390 e. The van der Waals surface area contributed by atoms with Crippen LogP contribution in [-0.4, -0.2) is 26.3 Å². The topological polar surface area (TPSA) is 67.2 Å². The number of nitrogens with zero attached hydrogens (tertiary/aromatic N) is 2. The zero-order chi connectivity index (χ0) is 20.1. The van der Waals surface area contributed by atoms with Crippen LogP contribution in [0.1, 0.15) is 22.4 Å². The second-order valence-electron chi connectivity index (χ2n) is 6.64. The minimum absolute atomic E-state index is 0.0957. The van der Waals surface area contributed by atoms with Gasteiger partial charge in [-0.15, -0.1) is 0 Å². The number of thioether (sulfide) groups is 1. The first-order valence-electron chi connectivity index (χ1n) is 8.85. The van der Waals surface area contributed by atoms with Crippen molar-refractivity contribution in [2.75, 3.05) is 11.1 Å². The summed E-state index contributed by atoms with van der Waals surface area (Å²) in [6.07, 6.45) is 1.80. The summed E-state index contributed by atoms with van der Waals surface area (Å²) < 4.78 is 1.93. The molecule has 3 aromatic rings. The highest BCUT2D eigenvalue weighted by Crippen LogP contribution is 2.21. The predicted octanol–water partition coefficient (Wildman–Crippen LogP) is 4.42. The number of halogens is 1. The summed E-state index contributed by atoms with van der Waals surface area (Å²) in [6.45, 7) is 4.45. The molecule has 5 nitrogen and oxygen atoms in total. The first kappa shape index (κ1) is 20.5. The maximum atomic E-state index is 12.4. The Kier molecular flexibility index (Phi) is 6.78. The lowest BCUT2D eigenvalue weighted by atomic mass is 10.1. The molecule has 3 rings (SSSR count). The molecule has 0 aliphatic rings. The lowest BCUT2D eigenvalue weighted by Crippen LogP contribution is -2.15. The van der Waals surface area contributed by atoms with Gasteiger partial charge < -0.3 is 15.0 Å². The van der Waals surface area contributed by atoms with Gasteiger partial charge >= 0.3 is 0 Å². The van der Waals surface area contributed by atoms with Crippen molar-refractivity contribution in [1.29, 1.82) is 0 Å². The summed E-state index contributed by atoms with van der Waals surface area (Å²) in [5.74, 6) is 0.136. The highest BCUT2D eigenvalue weighted by atomic mass is 35.5. The monoisotopic (exact) mass is 415 g/mol. The van der Waals surface area contributed by atoms with Crippen LogP contribution in [0.2, 0.25) is 5.02 Å². The number of amides is 1. The van der Waals surface area contributed by atoms with Crippen molar-refractivity contribution in [1.82, 2.24) is 9.55 Å². The predicted molar refractivity (Wildman–Crippen MR) is 114 cm³/mol. The Morgan fingerprint density at radius 1 is 1.18 bits per heavy atom. The number of aliphatic hydroxyl groups is 1. The van der Waals surface area contributed by atoms with Crippen LogP contribution in [0.25, 0.3) is 0 Å². The van der Waals surface area contributed by atoms with Crippen molar-refractivity contribution in [2.24, 2.45) is 0 Å². The molecule has 0 fully saturated rings. The number of nitrogens with one attached hydrogen (secondary N) is 1. The molecular weight excluding hydrogens is 394 g/mol. The number of anilines is 1. The normalized spacial score (nSPS) is 10.9. The SMILES string of the molecule is Cc1cc(C)cc(NC(=O)CSc2nc(CO)cn2Cc2ccc(Cl)cc2)c1. The van der Waals surface area contributed by atoms with E-state index < -0.39 is 0 Å². The molecule has 0 bridgehead atoms. The Hall–Kier alpha value is -2.28. The lowest BCUT2D eigenvalue weighted by molar-refractivity contribution is -0.113. The van der Waals surface area contributed by atoms with Crippen LogP contribution >= 0.6 is 23.4 Å². The summed E-state index contributed by atoms with van der Waals surface area (Å²) in [4.78, 5) is 16.8. The van der Waals surface area contributed by atoms with Gasteiger partial charge in [0.05, 0.1) is 18.1 Å². The Bertz CT molecular complexity index is 950. The highest BCUT2D eigenvalue weighted by molar-refractivity contribution is 7.99. The van der Waals surface area contributed by atoms with E-state index in [-0.39, 0.29) is 18.3 Å². The molecule has 0 atom stereocenters. The fourth-order valence-electron chi connectivity index (χ4n) is 2.92. The number of aryl methyl sites for hydroxylation is 2. The quantitative estimate of drug-likeness (QED) is 0.560. The fourth-order valence-corrected chi connectivity index (χ4v) is 3.84. The zero-order valence-electron chi connectivity index (χ0n) is 15.8. The minimum atomic E-state index is -0.143. The van der Waals surface area contributed by atoms with Crippen LogP contribution in [0.3, 0.4) is 0 Å². The number of hydrogen-bond acceptors (Lipinski definition) is 4. The van der Waals surface area contributed by atoms with Crippen molar-refractivity contribution < 1.29 is 9.90 Å². The van der Waals surface area contributed by atoms with Crippen molar-refractivity contribution >= 4 is 35.0 Å². The van der Waals surface area contributed by atoms with Gasteiger partial charge in [0.2, 0.25) is 5.91 Å². The molecule has 0 radical (unpaired) electrons. The van der Waals surface area contributed by atoms with Crippen LogP contribution in [-0.2, 0) is 17.9 Å². The Labute approximate surface area is 173 Å². The number of carbonyl (C=O) groups is 1. The van der Waals surface area contributed by atoms with Gasteiger partial charge in [-0.05, 0) is 54.8 Å². The molecule has 2 N–H and O–H groups in total. The van der Waals surface area contributed by atoms with E-state index in [0.717, 1.165) is 22.4 Å². The Balaban J connectivity index is 1.66. The third-order valence-electron chi connectivity index (χ3n) is 4.06. The van der Waals surface area contributed by atoms with Crippen molar-refractivity contribution in [2.45, 2.75) is 32.2 Å². The average Bonchev–Trinajstić information content (AvgIpc) is 3.03. The molecule has 0 aliphatic heterocycles. The van der Waals surface area contributed by atoms with E-state index in [9.17, 15) is 9.90 Å².